The Balaban J connectivity index is 1.43. The molecule has 5 nitrogen and oxygen atoms in total. The van der Waals surface area contributed by atoms with Gasteiger partial charge in [0.05, 0.1) is 10.7 Å². The maximum Gasteiger partial charge on any atom is 0.260 e. The van der Waals surface area contributed by atoms with Crippen molar-refractivity contribution in [2.24, 2.45) is 0 Å². The zero-order chi connectivity index (χ0) is 16.9. The molecule has 7 heteroatoms. The minimum absolute atomic E-state index is 0.0608. The summed E-state index contributed by atoms with van der Waals surface area (Å²) in [6, 6.07) is 5.83. The molecule has 0 N–H and O–H groups in total. The van der Waals surface area contributed by atoms with E-state index in [9.17, 15) is 9.18 Å². The van der Waals surface area contributed by atoms with E-state index in [1.807, 2.05) is 6.92 Å². The van der Waals surface area contributed by atoms with Crippen molar-refractivity contribution in [3.05, 3.63) is 46.2 Å². The average Bonchev–Trinajstić information content (AvgIpc) is 2.98. The quantitative estimate of drug-likeness (QED) is 0.831. The topological polar surface area (TPSA) is 45.7 Å². The van der Waals surface area contributed by atoms with Gasteiger partial charge in [0.25, 0.3) is 5.91 Å². The van der Waals surface area contributed by atoms with Crippen molar-refractivity contribution in [3.63, 3.8) is 0 Å². The average molecular weight is 349 g/mol. The number of ether oxygens (including phenoxy) is 1. The number of nitrogens with zero attached hydrogens (tertiary/aromatic N) is 3. The number of benzene rings is 1. The van der Waals surface area contributed by atoms with Gasteiger partial charge in [0.1, 0.15) is 11.6 Å². The number of hydrogen-bond donors (Lipinski definition) is 0. The van der Waals surface area contributed by atoms with Crippen molar-refractivity contribution in [2.45, 2.75) is 13.5 Å². The predicted molar refractivity (Wildman–Crippen MR) is 90.6 cm³/mol. The van der Waals surface area contributed by atoms with Gasteiger partial charge in [0.2, 0.25) is 0 Å². The van der Waals surface area contributed by atoms with Gasteiger partial charge in [0, 0.05) is 44.2 Å². The summed E-state index contributed by atoms with van der Waals surface area (Å²) in [6.45, 7) is 5.76. The summed E-state index contributed by atoms with van der Waals surface area (Å²) in [4.78, 5) is 20.8. The fourth-order valence-electron chi connectivity index (χ4n) is 2.66. The third-order valence-corrected chi connectivity index (χ3v) is 4.76. The maximum absolute atomic E-state index is 13.1. The first-order valence-electron chi connectivity index (χ1n) is 7.89. The van der Waals surface area contributed by atoms with E-state index < -0.39 is 0 Å². The molecule has 0 radical (unpaired) electrons. The van der Waals surface area contributed by atoms with Gasteiger partial charge in [-0.25, -0.2) is 9.37 Å². The first-order valence-corrected chi connectivity index (χ1v) is 8.77. The number of halogens is 1. The van der Waals surface area contributed by atoms with Gasteiger partial charge in [-0.1, -0.05) is 6.07 Å². The van der Waals surface area contributed by atoms with E-state index in [1.165, 1.54) is 12.1 Å². The van der Waals surface area contributed by atoms with Crippen LogP contribution in [0, 0.1) is 12.7 Å². The van der Waals surface area contributed by atoms with Gasteiger partial charge < -0.3 is 9.64 Å². The van der Waals surface area contributed by atoms with Crippen molar-refractivity contribution in [1.29, 1.82) is 0 Å². The van der Waals surface area contributed by atoms with Gasteiger partial charge >= 0.3 is 0 Å². The zero-order valence-electron chi connectivity index (χ0n) is 13.6. The summed E-state index contributed by atoms with van der Waals surface area (Å²) in [5.41, 5.74) is 1.09. The van der Waals surface area contributed by atoms with Crippen LogP contribution in [-0.2, 0) is 11.3 Å². The minimum Gasteiger partial charge on any atom is -0.484 e. The molecule has 1 aromatic carbocycles. The Hall–Kier alpha value is -1.99. The summed E-state index contributed by atoms with van der Waals surface area (Å²) in [5.74, 6) is -0.0601. The predicted octanol–water partition coefficient (Wildman–Crippen LogP) is 2.31. The van der Waals surface area contributed by atoms with Crippen molar-refractivity contribution in [1.82, 2.24) is 14.8 Å². The highest BCUT2D eigenvalue weighted by Gasteiger charge is 2.21. The lowest BCUT2D eigenvalue weighted by Crippen LogP contribution is -2.49. The molecule has 0 atom stereocenters. The molecule has 2 aromatic rings. The molecule has 0 aliphatic carbocycles. The van der Waals surface area contributed by atoms with Crippen LogP contribution in [0.1, 0.15) is 10.7 Å². The standard InChI is InChI=1S/C17H20FN3O2S/c1-13-19-15(12-24-13)10-20-5-7-21(8-6-20)17(22)11-23-16-4-2-3-14(18)9-16/h2-4,9,12H,5-8,10-11H2,1H3. The molecule has 3 rings (SSSR count). The van der Waals surface area contributed by atoms with E-state index in [-0.39, 0.29) is 18.3 Å². The number of aryl methyl sites for hydroxylation is 1. The Morgan fingerprint density at radius 2 is 2.12 bits per heavy atom. The number of amides is 1. The lowest BCUT2D eigenvalue weighted by atomic mass is 10.3. The second-order valence-corrected chi connectivity index (χ2v) is 6.82. The molecule has 2 heterocycles. The van der Waals surface area contributed by atoms with Gasteiger partial charge in [-0.3, -0.25) is 9.69 Å². The fourth-order valence-corrected chi connectivity index (χ4v) is 3.26. The van der Waals surface area contributed by atoms with Crippen LogP contribution in [0.15, 0.2) is 29.6 Å². The van der Waals surface area contributed by atoms with Gasteiger partial charge in [-0.15, -0.1) is 11.3 Å². The Morgan fingerprint density at radius 1 is 1.33 bits per heavy atom. The molecule has 128 valence electrons. The van der Waals surface area contributed by atoms with E-state index >= 15 is 0 Å². The molecule has 1 aliphatic rings. The Kier molecular flexibility index (Phi) is 5.42. The van der Waals surface area contributed by atoms with Crippen LogP contribution in [0.5, 0.6) is 5.75 Å². The molecule has 1 aromatic heterocycles. The maximum atomic E-state index is 13.1. The summed E-state index contributed by atoms with van der Waals surface area (Å²) in [5, 5.41) is 3.16. The highest BCUT2D eigenvalue weighted by Crippen LogP contribution is 2.14. The molecule has 24 heavy (non-hydrogen) atoms. The van der Waals surface area contributed by atoms with Gasteiger partial charge in [-0.05, 0) is 19.1 Å². The highest BCUT2D eigenvalue weighted by molar-refractivity contribution is 7.09. The fraction of sp³-hybridized carbons (Fsp3) is 0.412. The second-order valence-electron chi connectivity index (χ2n) is 5.76. The van der Waals surface area contributed by atoms with Crippen molar-refractivity contribution >= 4 is 17.2 Å². The largest absolute Gasteiger partial charge is 0.484 e. The molecular formula is C17H20FN3O2S. The summed E-state index contributed by atoms with van der Waals surface area (Å²) in [7, 11) is 0. The molecule has 0 unspecified atom stereocenters. The summed E-state index contributed by atoms with van der Waals surface area (Å²) >= 11 is 1.66. The molecule has 1 saturated heterocycles. The smallest absolute Gasteiger partial charge is 0.260 e. The van der Waals surface area contributed by atoms with E-state index in [0.29, 0.717) is 18.8 Å². The normalized spacial score (nSPS) is 15.5. The first kappa shape index (κ1) is 16.9. The lowest BCUT2D eigenvalue weighted by molar-refractivity contribution is -0.135. The van der Waals surface area contributed by atoms with Gasteiger partial charge in [-0.2, -0.15) is 0 Å². The van der Waals surface area contributed by atoms with Crippen LogP contribution >= 0.6 is 11.3 Å². The third-order valence-electron chi connectivity index (χ3n) is 3.94. The number of piperazine rings is 1. The second kappa shape index (κ2) is 7.72. The van der Waals surface area contributed by atoms with Crippen molar-refractivity contribution in [2.75, 3.05) is 32.8 Å². The molecule has 0 spiro atoms. The Morgan fingerprint density at radius 3 is 2.79 bits per heavy atom. The monoisotopic (exact) mass is 349 g/mol. The first-order chi connectivity index (χ1) is 11.6. The van der Waals surface area contributed by atoms with Crippen LogP contribution < -0.4 is 4.74 Å². The van der Waals surface area contributed by atoms with E-state index in [1.54, 1.807) is 28.4 Å². The molecule has 0 saturated carbocycles. The van der Waals surface area contributed by atoms with Crippen LogP contribution in [0.3, 0.4) is 0 Å². The number of thiazole rings is 1. The molecule has 1 aliphatic heterocycles. The molecular weight excluding hydrogens is 329 g/mol. The van der Waals surface area contributed by atoms with Gasteiger partial charge in [0.15, 0.2) is 6.61 Å². The number of rotatable bonds is 5. The van der Waals surface area contributed by atoms with E-state index in [2.05, 4.69) is 15.3 Å². The molecule has 1 amide bonds. The summed E-state index contributed by atoms with van der Waals surface area (Å²) < 4.78 is 18.5. The molecule has 0 bridgehead atoms. The number of carbonyl (C=O) groups is 1. The van der Waals surface area contributed by atoms with Crippen molar-refractivity contribution in [3.8, 4) is 5.75 Å². The van der Waals surface area contributed by atoms with Crippen molar-refractivity contribution < 1.29 is 13.9 Å². The minimum atomic E-state index is -0.370. The van der Waals surface area contributed by atoms with E-state index in [4.69, 9.17) is 4.74 Å². The Bertz CT molecular complexity index is 699. The SMILES string of the molecule is Cc1nc(CN2CCN(C(=O)COc3cccc(F)c3)CC2)cs1. The van der Waals surface area contributed by atoms with E-state index in [0.717, 1.165) is 30.3 Å². The number of aromatic nitrogens is 1. The van der Waals surface area contributed by atoms with Crippen LogP contribution in [-0.4, -0.2) is 53.5 Å². The summed E-state index contributed by atoms with van der Waals surface area (Å²) in [6.07, 6.45) is 0. The Labute approximate surface area is 144 Å². The highest BCUT2D eigenvalue weighted by atomic mass is 32.1. The molecule has 1 fully saturated rings. The zero-order valence-corrected chi connectivity index (χ0v) is 14.4. The number of carbonyl (C=O) groups excluding carboxylic acids is 1. The third kappa shape index (κ3) is 4.52. The number of hydrogen-bond acceptors (Lipinski definition) is 5. The van der Waals surface area contributed by atoms with Crippen LogP contribution in [0.25, 0.3) is 0 Å². The van der Waals surface area contributed by atoms with Crippen LogP contribution in [0.2, 0.25) is 0 Å². The lowest BCUT2D eigenvalue weighted by Gasteiger charge is -2.34. The van der Waals surface area contributed by atoms with Crippen LogP contribution in [0.4, 0.5) is 4.39 Å².